The lowest BCUT2D eigenvalue weighted by Crippen LogP contribution is -2.44. The van der Waals surface area contributed by atoms with Crippen LogP contribution in [0.15, 0.2) is 36.4 Å². The van der Waals surface area contributed by atoms with Crippen molar-refractivity contribution < 1.29 is 18.8 Å². The predicted molar refractivity (Wildman–Crippen MR) is 107 cm³/mol. The quantitative estimate of drug-likeness (QED) is 0.592. The van der Waals surface area contributed by atoms with Gasteiger partial charge in [0.05, 0.1) is 17.6 Å². The van der Waals surface area contributed by atoms with Crippen LogP contribution in [-0.4, -0.2) is 42.0 Å². The monoisotopic (exact) mass is 401 g/mol. The largest absolute Gasteiger partial charge is 0.496 e. The van der Waals surface area contributed by atoms with Crippen molar-refractivity contribution in [2.24, 2.45) is 0 Å². The van der Waals surface area contributed by atoms with Crippen molar-refractivity contribution in [2.75, 3.05) is 20.2 Å². The van der Waals surface area contributed by atoms with Gasteiger partial charge in [0.25, 0.3) is 11.6 Å². The summed E-state index contributed by atoms with van der Waals surface area (Å²) in [4.78, 5) is 25.2. The smallest absolute Gasteiger partial charge is 0.276 e. The van der Waals surface area contributed by atoms with Crippen LogP contribution in [0.25, 0.3) is 0 Å². The summed E-state index contributed by atoms with van der Waals surface area (Å²) in [7, 11) is 1.65. The lowest BCUT2D eigenvalue weighted by atomic mass is 10.0. The van der Waals surface area contributed by atoms with E-state index in [4.69, 9.17) is 4.74 Å². The van der Waals surface area contributed by atoms with E-state index in [0.29, 0.717) is 0 Å². The molecule has 3 rings (SSSR count). The van der Waals surface area contributed by atoms with E-state index in [0.717, 1.165) is 55.9 Å². The molecule has 0 aromatic heterocycles. The number of benzene rings is 2. The van der Waals surface area contributed by atoms with Gasteiger partial charge in [-0.15, -0.1) is 0 Å². The number of hydrogen-bond acceptors (Lipinski definition) is 5. The molecule has 154 valence electrons. The van der Waals surface area contributed by atoms with Gasteiger partial charge in [-0.1, -0.05) is 18.2 Å². The Kier molecular flexibility index (Phi) is 6.43. The summed E-state index contributed by atoms with van der Waals surface area (Å²) < 4.78 is 19.3. The topological polar surface area (TPSA) is 84.7 Å². The van der Waals surface area contributed by atoms with E-state index >= 15 is 0 Å². The fourth-order valence-electron chi connectivity index (χ4n) is 3.56. The minimum Gasteiger partial charge on any atom is -0.496 e. The van der Waals surface area contributed by atoms with Gasteiger partial charge in [0.1, 0.15) is 11.6 Å². The van der Waals surface area contributed by atoms with E-state index < -0.39 is 16.6 Å². The van der Waals surface area contributed by atoms with Gasteiger partial charge >= 0.3 is 0 Å². The third kappa shape index (κ3) is 4.89. The normalized spacial score (nSPS) is 15.1. The summed E-state index contributed by atoms with van der Waals surface area (Å²) in [5.74, 6) is -0.392. The predicted octanol–water partition coefficient (Wildman–Crippen LogP) is 3.45. The second kappa shape index (κ2) is 9.00. The Morgan fingerprint density at radius 1 is 1.31 bits per heavy atom. The van der Waals surface area contributed by atoms with Crippen LogP contribution in [0.1, 0.15) is 34.3 Å². The molecule has 2 aromatic rings. The van der Waals surface area contributed by atoms with Crippen LogP contribution in [0.2, 0.25) is 0 Å². The minimum atomic E-state index is -0.754. The number of nitro benzene ring substituents is 1. The Morgan fingerprint density at radius 2 is 2.00 bits per heavy atom. The lowest BCUT2D eigenvalue weighted by molar-refractivity contribution is -0.385. The van der Waals surface area contributed by atoms with Crippen LogP contribution >= 0.6 is 0 Å². The zero-order valence-electron chi connectivity index (χ0n) is 16.5. The molecule has 0 radical (unpaired) electrons. The van der Waals surface area contributed by atoms with Gasteiger partial charge in [-0.3, -0.25) is 19.8 Å². The van der Waals surface area contributed by atoms with E-state index in [-0.39, 0.29) is 22.9 Å². The third-order valence-electron chi connectivity index (χ3n) is 5.29. The van der Waals surface area contributed by atoms with E-state index in [1.165, 1.54) is 6.92 Å². The fraction of sp³-hybridized carbons (Fsp3) is 0.381. The van der Waals surface area contributed by atoms with E-state index in [9.17, 15) is 19.3 Å². The zero-order chi connectivity index (χ0) is 21.0. The highest BCUT2D eigenvalue weighted by Crippen LogP contribution is 2.24. The van der Waals surface area contributed by atoms with Gasteiger partial charge in [0, 0.05) is 42.9 Å². The molecule has 2 aromatic carbocycles. The average Bonchev–Trinajstić information content (AvgIpc) is 2.71. The molecule has 1 N–H and O–H groups in total. The summed E-state index contributed by atoms with van der Waals surface area (Å²) in [5.41, 5.74) is 0.620. The third-order valence-corrected chi connectivity index (χ3v) is 5.29. The highest BCUT2D eigenvalue weighted by molar-refractivity contribution is 5.95. The molecular formula is C21H24FN3O4. The molecule has 0 aliphatic carbocycles. The minimum absolute atomic E-state index is 0.0312. The van der Waals surface area contributed by atoms with Gasteiger partial charge < -0.3 is 10.1 Å². The van der Waals surface area contributed by atoms with Crippen molar-refractivity contribution in [1.29, 1.82) is 0 Å². The summed E-state index contributed by atoms with van der Waals surface area (Å²) >= 11 is 0. The van der Waals surface area contributed by atoms with Crippen molar-refractivity contribution >= 4 is 11.6 Å². The molecule has 29 heavy (non-hydrogen) atoms. The van der Waals surface area contributed by atoms with Gasteiger partial charge in [-0.2, -0.15) is 0 Å². The summed E-state index contributed by atoms with van der Waals surface area (Å²) in [6.07, 6.45) is 1.49. The maximum absolute atomic E-state index is 14.0. The van der Waals surface area contributed by atoms with E-state index in [1.807, 2.05) is 24.3 Å². The van der Waals surface area contributed by atoms with Crippen molar-refractivity contribution in [1.82, 2.24) is 10.2 Å². The standard InChI is InChI=1S/C21H24FN3O4/c1-14-18(22)11-16(12-19(14)25(27)28)21(26)23-17-7-9-24(10-8-17)13-15-5-3-4-6-20(15)29-2/h3-6,11-12,17H,7-10,13H2,1-2H3,(H,23,26). The Balaban J connectivity index is 1.58. The number of para-hydroxylation sites is 1. The lowest BCUT2D eigenvalue weighted by Gasteiger charge is -2.32. The molecule has 0 spiro atoms. The first kappa shape index (κ1) is 20.7. The molecular weight excluding hydrogens is 377 g/mol. The van der Waals surface area contributed by atoms with Crippen LogP contribution in [0.3, 0.4) is 0 Å². The molecule has 8 heteroatoms. The molecule has 1 heterocycles. The molecule has 1 amide bonds. The Hall–Kier alpha value is -3.00. The molecule has 0 bridgehead atoms. The first-order chi connectivity index (χ1) is 13.9. The van der Waals surface area contributed by atoms with Crippen molar-refractivity contribution in [3.8, 4) is 5.75 Å². The number of piperidine rings is 1. The molecule has 1 aliphatic heterocycles. The number of halogens is 1. The van der Waals surface area contributed by atoms with Crippen LogP contribution in [0.4, 0.5) is 10.1 Å². The summed E-state index contributed by atoms with van der Waals surface area (Å²) in [6, 6.07) is 10.00. The number of ether oxygens (including phenoxy) is 1. The first-order valence-electron chi connectivity index (χ1n) is 9.48. The number of carbonyl (C=O) groups excluding carboxylic acids is 1. The molecule has 1 aliphatic rings. The number of amides is 1. The molecule has 0 atom stereocenters. The molecule has 7 nitrogen and oxygen atoms in total. The number of nitro groups is 1. The molecule has 1 fully saturated rings. The fourth-order valence-corrected chi connectivity index (χ4v) is 3.56. The number of nitrogens with zero attached hydrogens (tertiary/aromatic N) is 2. The summed E-state index contributed by atoms with van der Waals surface area (Å²) in [6.45, 7) is 3.68. The van der Waals surface area contributed by atoms with Crippen molar-refractivity contribution in [2.45, 2.75) is 32.4 Å². The van der Waals surface area contributed by atoms with Crippen LogP contribution in [0.5, 0.6) is 5.75 Å². The molecule has 1 saturated heterocycles. The number of hydrogen-bond donors (Lipinski definition) is 1. The van der Waals surface area contributed by atoms with Crippen LogP contribution in [0, 0.1) is 22.9 Å². The highest BCUT2D eigenvalue weighted by atomic mass is 19.1. The van der Waals surface area contributed by atoms with Gasteiger partial charge in [-0.25, -0.2) is 4.39 Å². The number of methoxy groups -OCH3 is 1. The van der Waals surface area contributed by atoms with E-state index in [1.54, 1.807) is 7.11 Å². The Morgan fingerprint density at radius 3 is 2.66 bits per heavy atom. The summed E-state index contributed by atoms with van der Waals surface area (Å²) in [5, 5.41) is 13.9. The molecule has 0 unspecified atom stereocenters. The van der Waals surface area contributed by atoms with Gasteiger partial charge in [-0.05, 0) is 31.9 Å². The van der Waals surface area contributed by atoms with Gasteiger partial charge in [0.2, 0.25) is 0 Å². The first-order valence-corrected chi connectivity index (χ1v) is 9.48. The zero-order valence-corrected chi connectivity index (χ0v) is 16.5. The molecule has 0 saturated carbocycles. The Labute approximate surface area is 168 Å². The maximum Gasteiger partial charge on any atom is 0.276 e. The highest BCUT2D eigenvalue weighted by Gasteiger charge is 2.24. The van der Waals surface area contributed by atoms with E-state index in [2.05, 4.69) is 10.2 Å². The number of nitrogens with one attached hydrogen (secondary N) is 1. The Bertz CT molecular complexity index is 911. The SMILES string of the molecule is COc1ccccc1CN1CCC(NC(=O)c2cc(F)c(C)c([N+](=O)[O-])c2)CC1. The van der Waals surface area contributed by atoms with Gasteiger partial charge in [0.15, 0.2) is 0 Å². The maximum atomic E-state index is 14.0. The second-order valence-corrected chi connectivity index (χ2v) is 7.20. The van der Waals surface area contributed by atoms with Crippen molar-refractivity contribution in [3.05, 3.63) is 69.0 Å². The number of rotatable bonds is 6. The average molecular weight is 401 g/mol. The second-order valence-electron chi connectivity index (χ2n) is 7.20. The number of carbonyl (C=O) groups is 1. The number of likely N-dealkylation sites (tertiary alicyclic amines) is 1. The van der Waals surface area contributed by atoms with Crippen LogP contribution < -0.4 is 10.1 Å². The van der Waals surface area contributed by atoms with Crippen molar-refractivity contribution in [3.63, 3.8) is 0 Å². The van der Waals surface area contributed by atoms with Crippen LogP contribution in [-0.2, 0) is 6.54 Å².